The Hall–Kier alpha value is -3.15. The monoisotopic (exact) mass is 422 g/mol. The van der Waals surface area contributed by atoms with E-state index in [0.29, 0.717) is 21.6 Å². The van der Waals surface area contributed by atoms with Crippen LogP contribution in [0.3, 0.4) is 0 Å². The number of aryl methyl sites for hydroxylation is 1. The zero-order valence-corrected chi connectivity index (χ0v) is 16.9. The molecule has 0 radical (unpaired) electrons. The Morgan fingerprint density at radius 3 is 2.34 bits per heavy atom. The summed E-state index contributed by atoms with van der Waals surface area (Å²) in [7, 11) is 0. The van der Waals surface area contributed by atoms with Crippen LogP contribution in [0.1, 0.15) is 16.2 Å². The molecule has 1 aromatic heterocycles. The van der Waals surface area contributed by atoms with Crippen LogP contribution in [0.2, 0.25) is 10.0 Å². The summed E-state index contributed by atoms with van der Waals surface area (Å²) < 4.78 is 1.63. The van der Waals surface area contributed by atoms with Crippen molar-refractivity contribution in [1.82, 2.24) is 14.8 Å². The standard InChI is InChI=1S/C22H16Cl2N4O/c1-14-7-10-17(24)13-19(14)28-21(15-8-11-16(23)12-9-15)26-20(27-28)22(29)25-18-5-3-2-4-6-18/h2-13H,1H3,(H,25,29). The molecule has 0 aliphatic rings. The molecule has 4 aromatic rings. The topological polar surface area (TPSA) is 59.8 Å². The van der Waals surface area contributed by atoms with Gasteiger partial charge in [0, 0.05) is 21.3 Å². The number of rotatable bonds is 4. The molecule has 29 heavy (non-hydrogen) atoms. The summed E-state index contributed by atoms with van der Waals surface area (Å²) in [5.41, 5.74) is 3.14. The van der Waals surface area contributed by atoms with Gasteiger partial charge in [0.05, 0.1) is 5.69 Å². The smallest absolute Gasteiger partial charge is 0.295 e. The van der Waals surface area contributed by atoms with Gasteiger partial charge < -0.3 is 5.32 Å². The highest BCUT2D eigenvalue weighted by Crippen LogP contribution is 2.26. The summed E-state index contributed by atoms with van der Waals surface area (Å²) in [6, 6.07) is 21.9. The van der Waals surface area contributed by atoms with E-state index in [1.165, 1.54) is 0 Å². The summed E-state index contributed by atoms with van der Waals surface area (Å²) in [6.07, 6.45) is 0. The van der Waals surface area contributed by atoms with Crippen LogP contribution >= 0.6 is 23.2 Å². The third-order valence-corrected chi connectivity index (χ3v) is 4.83. The molecular formula is C22H16Cl2N4O. The minimum atomic E-state index is -0.398. The lowest BCUT2D eigenvalue weighted by Gasteiger charge is -2.09. The number of anilines is 1. The third kappa shape index (κ3) is 4.16. The first-order valence-electron chi connectivity index (χ1n) is 8.87. The van der Waals surface area contributed by atoms with E-state index in [0.717, 1.165) is 16.8 Å². The molecule has 5 nitrogen and oxygen atoms in total. The molecule has 4 rings (SSSR count). The largest absolute Gasteiger partial charge is 0.319 e. The Morgan fingerprint density at radius 2 is 1.62 bits per heavy atom. The fourth-order valence-corrected chi connectivity index (χ4v) is 3.17. The summed E-state index contributed by atoms with van der Waals surface area (Å²) in [4.78, 5) is 17.3. The normalized spacial score (nSPS) is 10.7. The molecule has 3 aromatic carbocycles. The van der Waals surface area contributed by atoms with Crippen LogP contribution in [0.25, 0.3) is 17.1 Å². The molecule has 0 bridgehead atoms. The minimum absolute atomic E-state index is 0.0539. The molecule has 1 amide bonds. The number of carbonyl (C=O) groups excluding carboxylic acids is 1. The number of benzene rings is 3. The molecule has 7 heteroatoms. The Kier molecular flexibility index (Phi) is 5.34. The Bertz CT molecular complexity index is 1170. The number of aromatic nitrogens is 3. The van der Waals surface area contributed by atoms with E-state index in [1.807, 2.05) is 49.4 Å². The van der Waals surface area contributed by atoms with E-state index in [1.54, 1.807) is 35.0 Å². The van der Waals surface area contributed by atoms with E-state index in [4.69, 9.17) is 23.2 Å². The van der Waals surface area contributed by atoms with Gasteiger partial charge in [-0.2, -0.15) is 0 Å². The fraction of sp³-hybridized carbons (Fsp3) is 0.0455. The van der Waals surface area contributed by atoms with Crippen molar-refractivity contribution in [3.8, 4) is 17.1 Å². The Labute approximate surface area is 177 Å². The second-order valence-electron chi connectivity index (χ2n) is 6.43. The number of nitrogens with zero attached hydrogens (tertiary/aromatic N) is 3. The average molecular weight is 423 g/mol. The van der Waals surface area contributed by atoms with Crippen LogP contribution in [-0.2, 0) is 0 Å². The van der Waals surface area contributed by atoms with Crippen molar-refractivity contribution in [2.45, 2.75) is 6.92 Å². The van der Waals surface area contributed by atoms with Crippen molar-refractivity contribution < 1.29 is 4.79 Å². The van der Waals surface area contributed by atoms with E-state index >= 15 is 0 Å². The van der Waals surface area contributed by atoms with Gasteiger partial charge in [-0.3, -0.25) is 4.79 Å². The second-order valence-corrected chi connectivity index (χ2v) is 7.30. The van der Waals surface area contributed by atoms with Gasteiger partial charge in [-0.1, -0.05) is 47.5 Å². The van der Waals surface area contributed by atoms with Crippen LogP contribution in [0.4, 0.5) is 5.69 Å². The van der Waals surface area contributed by atoms with Crippen molar-refractivity contribution in [2.75, 3.05) is 5.32 Å². The Balaban J connectivity index is 1.81. The number of para-hydroxylation sites is 1. The summed E-state index contributed by atoms with van der Waals surface area (Å²) in [5.74, 6) is 0.174. The predicted molar refractivity (Wildman–Crippen MR) is 116 cm³/mol. The number of nitrogens with one attached hydrogen (secondary N) is 1. The fourth-order valence-electron chi connectivity index (χ4n) is 2.88. The first kappa shape index (κ1) is 19.2. The summed E-state index contributed by atoms with van der Waals surface area (Å²) in [6.45, 7) is 1.95. The van der Waals surface area contributed by atoms with E-state index in [2.05, 4.69) is 15.4 Å². The van der Waals surface area contributed by atoms with Gasteiger partial charge in [-0.25, -0.2) is 9.67 Å². The highest BCUT2D eigenvalue weighted by Gasteiger charge is 2.20. The number of hydrogen-bond donors (Lipinski definition) is 1. The van der Waals surface area contributed by atoms with E-state index in [-0.39, 0.29) is 5.82 Å². The van der Waals surface area contributed by atoms with Gasteiger partial charge in [0.2, 0.25) is 5.82 Å². The molecule has 144 valence electrons. The molecule has 0 spiro atoms. The number of halogens is 2. The quantitative estimate of drug-likeness (QED) is 0.451. The summed E-state index contributed by atoms with van der Waals surface area (Å²) in [5, 5.41) is 8.47. The van der Waals surface area contributed by atoms with Crippen LogP contribution in [0, 0.1) is 6.92 Å². The zero-order chi connectivity index (χ0) is 20.4. The SMILES string of the molecule is Cc1ccc(Cl)cc1-n1nc(C(=O)Nc2ccccc2)nc1-c1ccc(Cl)cc1. The molecule has 0 atom stereocenters. The first-order chi connectivity index (χ1) is 14.0. The van der Waals surface area contributed by atoms with Crippen molar-refractivity contribution in [3.05, 3.63) is 94.2 Å². The van der Waals surface area contributed by atoms with Crippen molar-refractivity contribution in [3.63, 3.8) is 0 Å². The third-order valence-electron chi connectivity index (χ3n) is 4.34. The average Bonchev–Trinajstić information content (AvgIpc) is 3.16. The van der Waals surface area contributed by atoms with Gasteiger partial charge in [0.1, 0.15) is 0 Å². The molecule has 0 aliphatic carbocycles. The molecular weight excluding hydrogens is 407 g/mol. The molecule has 0 aliphatic heterocycles. The van der Waals surface area contributed by atoms with E-state index in [9.17, 15) is 4.79 Å². The molecule has 0 saturated carbocycles. The molecule has 0 saturated heterocycles. The predicted octanol–water partition coefficient (Wildman–Crippen LogP) is 5.80. The van der Waals surface area contributed by atoms with Gasteiger partial charge in [0.25, 0.3) is 5.91 Å². The van der Waals surface area contributed by atoms with E-state index < -0.39 is 5.91 Å². The Morgan fingerprint density at radius 1 is 0.931 bits per heavy atom. The van der Waals surface area contributed by atoms with Crippen LogP contribution in [-0.4, -0.2) is 20.7 Å². The van der Waals surface area contributed by atoms with Gasteiger partial charge in [0.15, 0.2) is 5.82 Å². The number of hydrogen-bond acceptors (Lipinski definition) is 3. The second kappa shape index (κ2) is 8.07. The van der Waals surface area contributed by atoms with Crippen LogP contribution in [0.5, 0.6) is 0 Å². The maximum Gasteiger partial charge on any atom is 0.295 e. The van der Waals surface area contributed by atoms with Gasteiger partial charge in [-0.05, 0) is 61.0 Å². The van der Waals surface area contributed by atoms with Gasteiger partial charge >= 0.3 is 0 Å². The van der Waals surface area contributed by atoms with Crippen LogP contribution in [0.15, 0.2) is 72.8 Å². The summed E-state index contributed by atoms with van der Waals surface area (Å²) >= 11 is 12.2. The molecule has 1 heterocycles. The maximum absolute atomic E-state index is 12.8. The van der Waals surface area contributed by atoms with Crippen molar-refractivity contribution >= 4 is 34.8 Å². The van der Waals surface area contributed by atoms with Crippen molar-refractivity contribution in [1.29, 1.82) is 0 Å². The highest BCUT2D eigenvalue weighted by molar-refractivity contribution is 6.31. The number of amides is 1. The maximum atomic E-state index is 12.8. The molecule has 0 unspecified atom stereocenters. The highest BCUT2D eigenvalue weighted by atomic mass is 35.5. The number of carbonyl (C=O) groups is 1. The molecule has 0 fully saturated rings. The van der Waals surface area contributed by atoms with Gasteiger partial charge in [-0.15, -0.1) is 5.10 Å². The first-order valence-corrected chi connectivity index (χ1v) is 9.63. The van der Waals surface area contributed by atoms with Crippen molar-refractivity contribution in [2.24, 2.45) is 0 Å². The lowest BCUT2D eigenvalue weighted by atomic mass is 10.2. The minimum Gasteiger partial charge on any atom is -0.319 e. The zero-order valence-electron chi connectivity index (χ0n) is 15.4. The molecule has 1 N–H and O–H groups in total. The van der Waals surface area contributed by atoms with Crippen LogP contribution < -0.4 is 5.32 Å². The lowest BCUT2D eigenvalue weighted by molar-refractivity contribution is 0.101. The lowest BCUT2D eigenvalue weighted by Crippen LogP contribution is -2.14.